The van der Waals surface area contributed by atoms with E-state index in [0.717, 1.165) is 0 Å². The Hall–Kier alpha value is -1.27. The van der Waals surface area contributed by atoms with Crippen molar-refractivity contribution in [3.05, 3.63) is 0 Å². The number of esters is 1. The fraction of sp³-hybridized carbons (Fsp3) is 0.800. The maximum absolute atomic E-state index is 12.1. The monoisotopic (exact) mass is 253 g/mol. The van der Waals surface area contributed by atoms with Gasteiger partial charge in [-0.25, -0.2) is 0 Å². The number of ether oxygens (including phenoxy) is 1. The molecule has 1 aliphatic rings. The first-order chi connectivity index (χ1) is 7.69. The minimum atomic E-state index is -4.44. The summed E-state index contributed by atoms with van der Waals surface area (Å²) in [7, 11) is 0. The Morgan fingerprint density at radius 3 is 2.59 bits per heavy atom. The number of nitrogens with zero attached hydrogens (tertiary/aromatic N) is 1. The molecule has 1 fully saturated rings. The third-order valence-corrected chi connectivity index (χ3v) is 2.27. The highest BCUT2D eigenvalue weighted by Gasteiger charge is 2.41. The lowest BCUT2D eigenvalue weighted by atomic mass is 10.1. The second-order valence-electron chi connectivity index (χ2n) is 4.28. The summed E-state index contributed by atoms with van der Waals surface area (Å²) >= 11 is 0. The van der Waals surface area contributed by atoms with Gasteiger partial charge in [0.25, 0.3) is 0 Å². The number of alkyl halides is 3. The normalized spacial score (nSPS) is 21.2. The highest BCUT2D eigenvalue weighted by molar-refractivity contribution is 5.86. The van der Waals surface area contributed by atoms with Gasteiger partial charge in [0.2, 0.25) is 5.91 Å². The summed E-state index contributed by atoms with van der Waals surface area (Å²) in [5.74, 6) is -2.06. The van der Waals surface area contributed by atoms with Crippen molar-refractivity contribution < 1.29 is 27.5 Å². The number of rotatable bonds is 3. The first kappa shape index (κ1) is 13.8. The molecule has 7 heteroatoms. The van der Waals surface area contributed by atoms with Crippen LogP contribution in [0.2, 0.25) is 0 Å². The molecule has 1 aliphatic heterocycles. The van der Waals surface area contributed by atoms with Crippen molar-refractivity contribution in [2.75, 3.05) is 13.1 Å². The first-order valence-electron chi connectivity index (χ1n) is 5.24. The summed E-state index contributed by atoms with van der Waals surface area (Å²) in [6, 6.07) is 0. The number of carbonyl (C=O) groups excluding carboxylic acids is 2. The molecule has 0 aromatic rings. The van der Waals surface area contributed by atoms with Crippen LogP contribution in [0.5, 0.6) is 0 Å². The molecule has 1 unspecified atom stereocenters. The van der Waals surface area contributed by atoms with Gasteiger partial charge in [0.15, 0.2) is 0 Å². The number of hydrogen-bond acceptors (Lipinski definition) is 3. The summed E-state index contributed by atoms with van der Waals surface area (Å²) in [6.07, 6.45) is -4.98. The van der Waals surface area contributed by atoms with Crippen LogP contribution in [0.4, 0.5) is 13.2 Å². The van der Waals surface area contributed by atoms with E-state index < -0.39 is 30.5 Å². The predicted molar refractivity (Wildman–Crippen MR) is 52.0 cm³/mol. The highest BCUT2D eigenvalue weighted by atomic mass is 19.4. The lowest BCUT2D eigenvalue weighted by Crippen LogP contribution is -2.36. The number of amides is 1. The molecule has 0 saturated carbocycles. The summed E-state index contributed by atoms with van der Waals surface area (Å²) in [4.78, 5) is 23.3. The van der Waals surface area contributed by atoms with Crippen molar-refractivity contribution >= 4 is 11.9 Å². The zero-order valence-corrected chi connectivity index (χ0v) is 9.58. The van der Waals surface area contributed by atoms with Gasteiger partial charge in [-0.05, 0) is 13.8 Å². The topological polar surface area (TPSA) is 46.6 Å². The fourth-order valence-corrected chi connectivity index (χ4v) is 1.63. The maximum Gasteiger partial charge on any atom is 0.406 e. The van der Waals surface area contributed by atoms with Crippen molar-refractivity contribution in [2.24, 2.45) is 5.92 Å². The van der Waals surface area contributed by atoms with E-state index in [9.17, 15) is 22.8 Å². The van der Waals surface area contributed by atoms with Gasteiger partial charge in [0, 0.05) is 13.0 Å². The number of halogens is 3. The average Bonchev–Trinajstić information content (AvgIpc) is 2.44. The SMILES string of the molecule is CC(C)OC(=O)C1CC(=O)N(CC(F)(F)F)C1. The van der Waals surface area contributed by atoms with Crippen LogP contribution in [-0.2, 0) is 14.3 Å². The van der Waals surface area contributed by atoms with Crippen molar-refractivity contribution in [2.45, 2.75) is 32.5 Å². The molecule has 0 N–H and O–H groups in total. The number of carbonyl (C=O) groups is 2. The van der Waals surface area contributed by atoms with Gasteiger partial charge >= 0.3 is 12.1 Å². The molecule has 0 aromatic carbocycles. The molecular formula is C10H14F3NO3. The van der Waals surface area contributed by atoms with Crippen molar-refractivity contribution in [3.8, 4) is 0 Å². The van der Waals surface area contributed by atoms with Gasteiger partial charge < -0.3 is 9.64 Å². The van der Waals surface area contributed by atoms with Crippen LogP contribution in [0.25, 0.3) is 0 Å². The van der Waals surface area contributed by atoms with Crippen LogP contribution >= 0.6 is 0 Å². The van der Waals surface area contributed by atoms with Crippen LogP contribution in [0.3, 0.4) is 0 Å². The molecule has 0 bridgehead atoms. The molecule has 17 heavy (non-hydrogen) atoms. The second-order valence-corrected chi connectivity index (χ2v) is 4.28. The third kappa shape index (κ3) is 4.24. The minimum absolute atomic E-state index is 0.207. The Balaban J connectivity index is 2.55. The van der Waals surface area contributed by atoms with Crippen LogP contribution in [0, 0.1) is 5.92 Å². The van der Waals surface area contributed by atoms with Crippen molar-refractivity contribution in [1.29, 1.82) is 0 Å². The smallest absolute Gasteiger partial charge is 0.406 e. The Kier molecular flexibility index (Phi) is 4.00. The van der Waals surface area contributed by atoms with Gasteiger partial charge in [-0.2, -0.15) is 13.2 Å². The highest BCUT2D eigenvalue weighted by Crippen LogP contribution is 2.24. The Labute approximate surface area is 96.7 Å². The number of likely N-dealkylation sites (tertiary alicyclic amines) is 1. The minimum Gasteiger partial charge on any atom is -0.463 e. The average molecular weight is 253 g/mol. The van der Waals surface area contributed by atoms with Gasteiger partial charge in [0.1, 0.15) is 6.54 Å². The van der Waals surface area contributed by atoms with E-state index in [1.54, 1.807) is 13.8 Å². The lowest BCUT2D eigenvalue weighted by molar-refractivity contribution is -0.158. The van der Waals surface area contributed by atoms with Crippen LogP contribution in [0.15, 0.2) is 0 Å². The van der Waals surface area contributed by atoms with Gasteiger partial charge in [-0.3, -0.25) is 9.59 Å². The van der Waals surface area contributed by atoms with E-state index in [-0.39, 0.29) is 19.1 Å². The van der Waals surface area contributed by atoms with Crippen molar-refractivity contribution in [1.82, 2.24) is 4.90 Å². The molecular weight excluding hydrogens is 239 g/mol. The van der Waals surface area contributed by atoms with E-state index in [1.807, 2.05) is 0 Å². The molecule has 1 rings (SSSR count). The third-order valence-electron chi connectivity index (χ3n) is 2.27. The van der Waals surface area contributed by atoms with Crippen molar-refractivity contribution in [3.63, 3.8) is 0 Å². The fourth-order valence-electron chi connectivity index (χ4n) is 1.63. The van der Waals surface area contributed by atoms with Gasteiger partial charge in [-0.1, -0.05) is 0 Å². The second kappa shape index (κ2) is 4.93. The van der Waals surface area contributed by atoms with E-state index >= 15 is 0 Å². The van der Waals surface area contributed by atoms with E-state index in [0.29, 0.717) is 4.90 Å². The zero-order valence-electron chi connectivity index (χ0n) is 9.58. The molecule has 0 aromatic heterocycles. The Morgan fingerprint density at radius 2 is 2.12 bits per heavy atom. The summed E-state index contributed by atoms with van der Waals surface area (Å²) in [5, 5.41) is 0. The molecule has 4 nitrogen and oxygen atoms in total. The predicted octanol–water partition coefficient (Wildman–Crippen LogP) is 1.35. The van der Waals surface area contributed by atoms with Gasteiger partial charge in [0.05, 0.1) is 12.0 Å². The molecule has 1 saturated heterocycles. The lowest BCUT2D eigenvalue weighted by Gasteiger charge is -2.18. The Morgan fingerprint density at radius 1 is 1.53 bits per heavy atom. The first-order valence-corrected chi connectivity index (χ1v) is 5.24. The summed E-state index contributed by atoms with van der Waals surface area (Å²) in [6.45, 7) is 1.76. The van der Waals surface area contributed by atoms with E-state index in [2.05, 4.69) is 0 Å². The number of hydrogen-bond donors (Lipinski definition) is 0. The van der Waals surface area contributed by atoms with E-state index in [4.69, 9.17) is 4.74 Å². The molecule has 98 valence electrons. The quantitative estimate of drug-likeness (QED) is 0.713. The van der Waals surface area contributed by atoms with Crippen LogP contribution in [0.1, 0.15) is 20.3 Å². The molecule has 0 radical (unpaired) electrons. The maximum atomic E-state index is 12.1. The summed E-state index contributed by atoms with van der Waals surface area (Å²) < 4.78 is 41.2. The largest absolute Gasteiger partial charge is 0.463 e. The molecule has 0 aliphatic carbocycles. The molecule has 1 heterocycles. The Bertz CT molecular complexity index is 314. The van der Waals surface area contributed by atoms with Crippen LogP contribution in [-0.4, -0.2) is 42.1 Å². The van der Waals surface area contributed by atoms with E-state index in [1.165, 1.54) is 0 Å². The summed E-state index contributed by atoms with van der Waals surface area (Å²) in [5.41, 5.74) is 0. The zero-order chi connectivity index (χ0) is 13.2. The molecule has 1 amide bonds. The standard InChI is InChI=1S/C10H14F3NO3/c1-6(2)17-9(16)7-3-8(15)14(4-7)5-10(11,12)13/h6-7H,3-5H2,1-2H3. The van der Waals surface area contributed by atoms with Crippen LogP contribution < -0.4 is 0 Å². The molecule has 0 spiro atoms. The van der Waals surface area contributed by atoms with Gasteiger partial charge in [-0.15, -0.1) is 0 Å². The molecule has 1 atom stereocenters.